The molecule has 3 aromatic rings. The van der Waals surface area contributed by atoms with Crippen molar-refractivity contribution in [1.29, 1.82) is 5.41 Å². The van der Waals surface area contributed by atoms with Gasteiger partial charge in [0, 0.05) is 44.4 Å². The van der Waals surface area contributed by atoms with Crippen LogP contribution < -0.4 is 30.8 Å². The minimum Gasteiger partial charge on any atom is -0.443 e. The maximum Gasteiger partial charge on any atom is 0.415 e. The summed E-state index contributed by atoms with van der Waals surface area (Å²) in [5.41, 5.74) is 6.98. The highest BCUT2D eigenvalue weighted by Gasteiger charge is 2.20. The number of aryl methyl sites for hydroxylation is 2. The molecule has 17 nitrogen and oxygen atoms in total. The zero-order chi connectivity index (χ0) is 42.9. The van der Waals surface area contributed by atoms with Crippen LogP contribution in [0, 0.1) is 10.8 Å². The zero-order valence-corrected chi connectivity index (χ0v) is 34.6. The number of alkyl carbamates (subject to hydrolysis) is 1. The van der Waals surface area contributed by atoms with Gasteiger partial charge in [-0.2, -0.15) is 4.99 Å². The molecule has 0 aliphatic carbocycles. The molecule has 0 aliphatic heterocycles. The number of urea groups is 2. The average molecular weight is 805 g/mol. The number of benzene rings is 1. The van der Waals surface area contributed by atoms with E-state index < -0.39 is 29.7 Å². The van der Waals surface area contributed by atoms with Gasteiger partial charge in [0.2, 0.25) is 18.6 Å². The number of ketones is 3. The molecule has 0 spiro atoms. The van der Waals surface area contributed by atoms with E-state index in [9.17, 15) is 28.8 Å². The van der Waals surface area contributed by atoms with Crippen LogP contribution in [0.3, 0.4) is 0 Å². The number of rotatable bonds is 20. The number of ether oxygens (including phenoxy) is 1. The topological polar surface area (TPSA) is 228 Å². The first-order valence-corrected chi connectivity index (χ1v) is 19.4. The summed E-state index contributed by atoms with van der Waals surface area (Å²) < 4.78 is 13.2. The summed E-state index contributed by atoms with van der Waals surface area (Å²) in [5.74, 6) is -0.957. The number of Topliss-reactive ketones (excluding diaryl/α,β-unsaturated/α-hetero) is 3. The van der Waals surface area contributed by atoms with Gasteiger partial charge in [-0.1, -0.05) is 45.0 Å². The molecule has 1 aromatic carbocycles. The van der Waals surface area contributed by atoms with Gasteiger partial charge in [0.15, 0.2) is 0 Å². The third-order valence-corrected chi connectivity index (χ3v) is 8.26. The van der Waals surface area contributed by atoms with Gasteiger partial charge >= 0.3 is 18.2 Å². The van der Waals surface area contributed by atoms with E-state index in [1.165, 1.54) is 0 Å². The normalized spacial score (nSPS) is 11.8. The first-order valence-electron chi connectivity index (χ1n) is 19.4. The first-order chi connectivity index (χ1) is 27.2. The third kappa shape index (κ3) is 19.7. The van der Waals surface area contributed by atoms with Crippen molar-refractivity contribution in [2.24, 2.45) is 16.1 Å². The molecule has 17 heteroatoms. The van der Waals surface area contributed by atoms with Crippen LogP contribution >= 0.6 is 0 Å². The number of aliphatic imine (C=N–C) groups is 1. The second-order valence-electron chi connectivity index (χ2n) is 16.6. The highest BCUT2D eigenvalue weighted by molar-refractivity contribution is 6.12. The summed E-state index contributed by atoms with van der Waals surface area (Å²) in [7, 11) is 0. The quantitative estimate of drug-likeness (QED) is 0.0366. The van der Waals surface area contributed by atoms with Gasteiger partial charge in [-0.15, -0.1) is 0 Å². The van der Waals surface area contributed by atoms with E-state index in [0.717, 1.165) is 24.1 Å². The Morgan fingerprint density at radius 1 is 0.759 bits per heavy atom. The second kappa shape index (κ2) is 22.1. The first kappa shape index (κ1) is 46.4. The van der Waals surface area contributed by atoms with Gasteiger partial charge in [0.25, 0.3) is 0 Å². The lowest BCUT2D eigenvalue weighted by Gasteiger charge is -2.19. The molecule has 6 N–H and O–H groups in total. The van der Waals surface area contributed by atoms with Crippen molar-refractivity contribution in [2.45, 2.75) is 125 Å². The number of aromatic nitrogens is 4. The fourth-order valence-corrected chi connectivity index (χ4v) is 5.86. The Morgan fingerprint density at radius 2 is 1.31 bits per heavy atom. The van der Waals surface area contributed by atoms with Crippen molar-refractivity contribution in [3.05, 3.63) is 72.8 Å². The Bertz CT molecular complexity index is 1930. The lowest BCUT2D eigenvalue weighted by molar-refractivity contribution is -0.688. The summed E-state index contributed by atoms with van der Waals surface area (Å²) in [6.07, 6.45) is 13.5. The smallest absolute Gasteiger partial charge is 0.415 e. The maximum atomic E-state index is 12.4. The van der Waals surface area contributed by atoms with Crippen LogP contribution in [0.1, 0.15) is 104 Å². The summed E-state index contributed by atoms with van der Waals surface area (Å²) in [6, 6.07) is 6.72. The number of nitrogens with two attached hydrogens (primary N) is 1. The van der Waals surface area contributed by atoms with Gasteiger partial charge in [-0.05, 0) is 50.2 Å². The van der Waals surface area contributed by atoms with Gasteiger partial charge in [0.1, 0.15) is 60.8 Å². The summed E-state index contributed by atoms with van der Waals surface area (Å²) >= 11 is 0. The molecule has 0 atom stereocenters. The van der Waals surface area contributed by atoms with Gasteiger partial charge in [-0.25, -0.2) is 38.0 Å². The molecule has 0 saturated heterocycles. The van der Waals surface area contributed by atoms with Crippen molar-refractivity contribution in [1.82, 2.24) is 25.1 Å². The second-order valence-corrected chi connectivity index (χ2v) is 16.6. The highest BCUT2D eigenvalue weighted by Crippen LogP contribution is 2.20. The van der Waals surface area contributed by atoms with Crippen molar-refractivity contribution in [3.8, 4) is 0 Å². The van der Waals surface area contributed by atoms with E-state index in [1.807, 2.05) is 68.1 Å². The van der Waals surface area contributed by atoms with E-state index >= 15 is 0 Å². The fourth-order valence-electron chi connectivity index (χ4n) is 5.86. The number of hydrogen-bond acceptors (Lipinski definition) is 8. The number of nitrogens with one attached hydrogen (secondary N) is 4. The number of carbonyl (C=O) groups is 6. The highest BCUT2D eigenvalue weighted by atomic mass is 16.6. The molecule has 0 radical (unpaired) electrons. The fraction of sp³-hybridized carbons (Fsp3) is 0.512. The minimum absolute atomic E-state index is 0.0452. The number of hydrogen-bond donors (Lipinski definition) is 5. The molecule has 2 aromatic heterocycles. The molecule has 3 rings (SSSR count). The maximum absolute atomic E-state index is 12.4. The zero-order valence-electron chi connectivity index (χ0n) is 34.6. The molecule has 5 amide bonds. The standard InChI is InChI=1S/C41H58N10O7/c1-40(2,3)25-35(54)24-34(53)23-32(42)22-33(52)10-7-8-16-48-18-20-50(28-48)26-30-11-13-31(14-12-30)27-51-21-19-49(29-51)17-9-15-44-37(55)45-36(43)46-38(56)47-39(57)58-41(4,5)6/h11-14,18-21,28-29,42H,7-10,15-17,22-27H2,1-6H3,(H3-2,43,44,45,46,47,55,56,57)/p+2. The molecule has 0 fully saturated rings. The number of imidazole rings is 2. The summed E-state index contributed by atoms with van der Waals surface area (Å²) in [5, 5.41) is 14.7. The van der Waals surface area contributed by atoms with Crippen LogP contribution in [0.5, 0.6) is 0 Å². The Kier molecular flexibility index (Phi) is 17.7. The van der Waals surface area contributed by atoms with Gasteiger partial charge in [-0.3, -0.25) is 19.7 Å². The van der Waals surface area contributed by atoms with Crippen LogP contribution in [0.15, 0.2) is 66.7 Å². The molecule has 0 bridgehead atoms. The van der Waals surface area contributed by atoms with Crippen LogP contribution in [0.25, 0.3) is 0 Å². The molecule has 0 saturated carbocycles. The van der Waals surface area contributed by atoms with E-state index in [-0.39, 0.29) is 47.7 Å². The summed E-state index contributed by atoms with van der Waals surface area (Å²) in [6.45, 7) is 13.9. The number of unbranched alkanes of at least 4 members (excludes halogenated alkanes) is 1. The van der Waals surface area contributed by atoms with Crippen LogP contribution in [0.4, 0.5) is 14.4 Å². The van der Waals surface area contributed by atoms with E-state index in [0.29, 0.717) is 51.9 Å². The third-order valence-electron chi connectivity index (χ3n) is 8.26. The van der Waals surface area contributed by atoms with Crippen molar-refractivity contribution >= 4 is 47.2 Å². The monoisotopic (exact) mass is 804 g/mol. The van der Waals surface area contributed by atoms with Crippen molar-refractivity contribution in [3.63, 3.8) is 0 Å². The van der Waals surface area contributed by atoms with Crippen molar-refractivity contribution < 1.29 is 42.6 Å². The van der Waals surface area contributed by atoms with Gasteiger partial charge in [0.05, 0.1) is 19.5 Å². The average Bonchev–Trinajstić information content (AvgIpc) is 3.72. The summed E-state index contributed by atoms with van der Waals surface area (Å²) in [4.78, 5) is 75.6. The molecule has 0 aliphatic rings. The Balaban J connectivity index is 1.30. The lowest BCUT2D eigenvalue weighted by Crippen LogP contribution is -2.47. The largest absolute Gasteiger partial charge is 0.443 e. The molecule has 0 unspecified atom stereocenters. The predicted molar refractivity (Wildman–Crippen MR) is 216 cm³/mol. The van der Waals surface area contributed by atoms with Crippen LogP contribution in [-0.2, 0) is 45.3 Å². The Hall–Kier alpha value is -6.00. The molecule has 2 heterocycles. The van der Waals surface area contributed by atoms with E-state index in [4.69, 9.17) is 15.9 Å². The Morgan fingerprint density at radius 3 is 1.86 bits per heavy atom. The number of imide groups is 1. The molecular formula is C41H60N10O7+2. The Labute approximate surface area is 339 Å². The van der Waals surface area contributed by atoms with Crippen LogP contribution in [0.2, 0.25) is 0 Å². The van der Waals surface area contributed by atoms with Crippen LogP contribution in [-0.4, -0.2) is 68.5 Å². The molecule has 314 valence electrons. The molecular weight excluding hydrogens is 745 g/mol. The SMILES string of the molecule is CC(C)(C)CC(=O)CC(=O)CC(=N)CC(=O)CCCCn1cc[n+](Cc2ccc(C[n+]3ccn(CCCNC(=O)N=C(N)NC(=O)NC(=O)OC(C)(C)C)c3)cc2)c1. The van der Waals surface area contributed by atoms with E-state index in [1.54, 1.807) is 20.8 Å². The number of carbonyl (C=O) groups excluding carboxylic acids is 6. The lowest BCUT2D eigenvalue weighted by atomic mass is 9.88. The predicted octanol–water partition coefficient (Wildman–Crippen LogP) is 4.11. The van der Waals surface area contributed by atoms with E-state index in [2.05, 4.69) is 53.6 Å². The number of amides is 5. The number of nitrogens with zero attached hydrogens (tertiary/aromatic N) is 5. The number of guanidine groups is 1. The minimum atomic E-state index is -0.977. The van der Waals surface area contributed by atoms with Gasteiger partial charge < -0.3 is 21.2 Å². The van der Waals surface area contributed by atoms with Crippen molar-refractivity contribution in [2.75, 3.05) is 6.54 Å². The molecule has 58 heavy (non-hydrogen) atoms.